The maximum atomic E-state index is 13.0. The fraction of sp³-hybridized carbons (Fsp3) is 0.269. The first-order valence-corrected chi connectivity index (χ1v) is 11.4. The lowest BCUT2D eigenvalue weighted by molar-refractivity contribution is -0.137. The molecule has 186 valence electrons. The van der Waals surface area contributed by atoms with Crippen LogP contribution in [0.25, 0.3) is 10.9 Å². The van der Waals surface area contributed by atoms with Crippen LogP contribution in [0.1, 0.15) is 35.2 Å². The molecule has 5 rings (SSSR count). The summed E-state index contributed by atoms with van der Waals surface area (Å²) >= 11 is 0. The molecule has 1 amide bonds. The van der Waals surface area contributed by atoms with Crippen molar-refractivity contribution < 1.29 is 27.8 Å². The van der Waals surface area contributed by atoms with Crippen LogP contribution in [-0.4, -0.2) is 32.4 Å². The van der Waals surface area contributed by atoms with Crippen molar-refractivity contribution in [1.29, 1.82) is 0 Å². The van der Waals surface area contributed by atoms with Gasteiger partial charge in [-0.3, -0.25) is 14.5 Å². The number of nitrogens with zero attached hydrogens (tertiary/aromatic N) is 3. The summed E-state index contributed by atoms with van der Waals surface area (Å²) in [5.41, 5.74) is 1.39. The molecule has 0 unspecified atom stereocenters. The van der Waals surface area contributed by atoms with Gasteiger partial charge in [-0.2, -0.15) is 18.3 Å². The zero-order valence-corrected chi connectivity index (χ0v) is 19.2. The molecule has 36 heavy (non-hydrogen) atoms. The Labute approximate surface area is 204 Å². The number of benzene rings is 2. The van der Waals surface area contributed by atoms with Gasteiger partial charge in [0.1, 0.15) is 11.5 Å². The number of rotatable bonds is 7. The number of carbonyl (C=O) groups is 1. The van der Waals surface area contributed by atoms with Crippen molar-refractivity contribution >= 4 is 16.8 Å². The third kappa shape index (κ3) is 4.90. The molecule has 10 heteroatoms. The Morgan fingerprint density at radius 1 is 1.19 bits per heavy atom. The number of aryl methyl sites for hydroxylation is 1. The van der Waals surface area contributed by atoms with E-state index in [0.717, 1.165) is 28.6 Å². The van der Waals surface area contributed by atoms with Crippen molar-refractivity contribution in [3.63, 3.8) is 0 Å². The third-order valence-electron chi connectivity index (χ3n) is 6.21. The topological polar surface area (TPSA) is 89.3 Å². The Bertz CT molecular complexity index is 1390. The Balaban J connectivity index is 1.36. The van der Waals surface area contributed by atoms with Crippen LogP contribution in [0.3, 0.4) is 0 Å². The third-order valence-corrected chi connectivity index (χ3v) is 6.21. The zero-order chi connectivity index (χ0) is 25.4. The van der Waals surface area contributed by atoms with E-state index >= 15 is 0 Å². The first-order chi connectivity index (χ1) is 17.2. The summed E-state index contributed by atoms with van der Waals surface area (Å²) in [6, 6.07) is 12.7. The quantitative estimate of drug-likeness (QED) is 0.386. The number of hydrogen-bond acceptors (Lipinski definition) is 5. The molecule has 3 atom stereocenters. The van der Waals surface area contributed by atoms with Crippen molar-refractivity contribution in [3.8, 4) is 11.5 Å². The second kappa shape index (κ2) is 9.27. The first kappa shape index (κ1) is 23.8. The van der Waals surface area contributed by atoms with E-state index in [1.165, 1.54) is 12.1 Å². The highest BCUT2D eigenvalue weighted by Gasteiger charge is 2.46. The number of nitrogens with one attached hydrogen (secondary N) is 1. The van der Waals surface area contributed by atoms with Gasteiger partial charge in [-0.05, 0) is 66.4 Å². The molecule has 4 aromatic rings. The van der Waals surface area contributed by atoms with Crippen LogP contribution in [0.15, 0.2) is 67.0 Å². The molecular formula is C26H23F3N4O3. The molecule has 0 bridgehead atoms. The average Bonchev–Trinajstić information content (AvgIpc) is 3.56. The van der Waals surface area contributed by atoms with Gasteiger partial charge in [0.25, 0.3) is 0 Å². The van der Waals surface area contributed by atoms with Crippen molar-refractivity contribution in [2.24, 2.45) is 13.0 Å². The Morgan fingerprint density at radius 2 is 1.97 bits per heavy atom. The second-order valence-corrected chi connectivity index (χ2v) is 8.82. The number of alkyl halides is 3. The number of ether oxygens (including phenoxy) is 1. The number of aliphatic hydroxyl groups excluding tert-OH is 1. The van der Waals surface area contributed by atoms with Crippen molar-refractivity contribution in [3.05, 3.63) is 83.8 Å². The average molecular weight is 496 g/mol. The molecule has 0 saturated heterocycles. The molecule has 2 aromatic carbocycles. The summed E-state index contributed by atoms with van der Waals surface area (Å²) in [5, 5.41) is 17.9. The van der Waals surface area contributed by atoms with Crippen LogP contribution in [-0.2, 0) is 18.0 Å². The van der Waals surface area contributed by atoms with Crippen molar-refractivity contribution in [2.75, 3.05) is 6.61 Å². The summed E-state index contributed by atoms with van der Waals surface area (Å²) in [6.07, 6.45) is -0.405. The Kier molecular flexibility index (Phi) is 6.13. The number of aromatic nitrogens is 3. The summed E-state index contributed by atoms with van der Waals surface area (Å²) < 4.78 is 46.2. The first-order valence-electron chi connectivity index (χ1n) is 11.4. The number of pyridine rings is 1. The molecule has 1 aliphatic carbocycles. The lowest BCUT2D eigenvalue weighted by Gasteiger charge is -2.16. The number of hydrogen-bond donors (Lipinski definition) is 2. The largest absolute Gasteiger partial charge is 0.457 e. The molecule has 7 nitrogen and oxygen atoms in total. The van der Waals surface area contributed by atoms with Crippen LogP contribution < -0.4 is 10.1 Å². The van der Waals surface area contributed by atoms with Crippen LogP contribution in [0.5, 0.6) is 11.5 Å². The lowest BCUT2D eigenvalue weighted by atomic mass is 10.0. The van der Waals surface area contributed by atoms with Gasteiger partial charge < -0.3 is 15.2 Å². The van der Waals surface area contributed by atoms with Crippen LogP contribution in [0.4, 0.5) is 13.2 Å². The molecule has 1 aliphatic rings. The lowest BCUT2D eigenvalue weighted by Crippen LogP contribution is -2.32. The van der Waals surface area contributed by atoms with Crippen molar-refractivity contribution in [1.82, 2.24) is 20.1 Å². The van der Waals surface area contributed by atoms with Gasteiger partial charge in [0, 0.05) is 30.7 Å². The number of halogens is 3. The minimum absolute atomic E-state index is 0.110. The molecule has 0 spiro atoms. The van der Waals surface area contributed by atoms with Crippen LogP contribution >= 0.6 is 0 Å². The SMILES string of the molecule is Cn1cc2cc(Oc3ccc(C(F)(F)F)cc3)cc([C@@H]3C[C@H]3C(=O)N[C@@H](CO)c3ccccn3)c2n1. The highest BCUT2D eigenvalue weighted by molar-refractivity contribution is 5.88. The molecule has 2 N–H and O–H groups in total. The summed E-state index contributed by atoms with van der Waals surface area (Å²) in [6.45, 7) is -0.277. The monoisotopic (exact) mass is 496 g/mol. The normalized spacial score (nSPS) is 18.1. The molecule has 1 fully saturated rings. The standard InChI is InChI=1S/C26H23F3N4O3/c1-33-13-15-10-18(36-17-7-5-16(6-8-17)26(27,28)29)11-20(24(15)32-33)19-12-21(19)25(35)31-23(14-34)22-4-2-3-9-30-22/h2-11,13,19,21,23,34H,12,14H2,1H3,(H,31,35)/t19-,21+,23-/m0/s1. The fourth-order valence-electron chi connectivity index (χ4n) is 4.35. The van der Waals surface area contributed by atoms with E-state index in [9.17, 15) is 23.1 Å². The number of carbonyl (C=O) groups excluding carboxylic acids is 1. The molecule has 2 heterocycles. The molecule has 0 radical (unpaired) electrons. The van der Waals surface area contributed by atoms with Gasteiger partial charge >= 0.3 is 6.18 Å². The van der Waals surface area contributed by atoms with Gasteiger partial charge in [-0.1, -0.05) is 6.07 Å². The highest BCUT2D eigenvalue weighted by Crippen LogP contribution is 2.50. The highest BCUT2D eigenvalue weighted by atomic mass is 19.4. The van der Waals surface area contributed by atoms with Gasteiger partial charge in [0.15, 0.2) is 0 Å². The van der Waals surface area contributed by atoms with E-state index in [2.05, 4.69) is 15.4 Å². The molecule has 1 saturated carbocycles. The van der Waals surface area contributed by atoms with E-state index in [0.29, 0.717) is 17.9 Å². The summed E-state index contributed by atoms with van der Waals surface area (Å²) in [5.74, 6) is 0.0974. The minimum atomic E-state index is -4.42. The maximum absolute atomic E-state index is 13.0. The number of amides is 1. The van der Waals surface area contributed by atoms with E-state index in [1.807, 2.05) is 6.20 Å². The van der Waals surface area contributed by atoms with E-state index < -0.39 is 17.8 Å². The van der Waals surface area contributed by atoms with Crippen LogP contribution in [0.2, 0.25) is 0 Å². The van der Waals surface area contributed by atoms with E-state index in [4.69, 9.17) is 4.74 Å². The zero-order valence-electron chi connectivity index (χ0n) is 19.2. The molecular weight excluding hydrogens is 473 g/mol. The van der Waals surface area contributed by atoms with E-state index in [1.54, 1.807) is 48.3 Å². The molecule has 2 aromatic heterocycles. The van der Waals surface area contributed by atoms with Gasteiger partial charge in [0.2, 0.25) is 5.91 Å². The van der Waals surface area contributed by atoms with Gasteiger partial charge in [-0.15, -0.1) is 0 Å². The smallest absolute Gasteiger partial charge is 0.416 e. The Morgan fingerprint density at radius 3 is 2.64 bits per heavy atom. The number of fused-ring (bicyclic) bond motifs is 1. The Hall–Kier alpha value is -3.92. The van der Waals surface area contributed by atoms with Crippen LogP contribution in [0, 0.1) is 5.92 Å². The van der Waals surface area contributed by atoms with Gasteiger partial charge in [-0.25, -0.2) is 0 Å². The molecule has 0 aliphatic heterocycles. The van der Waals surface area contributed by atoms with Crippen molar-refractivity contribution in [2.45, 2.75) is 24.6 Å². The summed E-state index contributed by atoms with van der Waals surface area (Å²) in [7, 11) is 1.79. The summed E-state index contributed by atoms with van der Waals surface area (Å²) in [4.78, 5) is 17.2. The van der Waals surface area contributed by atoms with E-state index in [-0.39, 0.29) is 30.1 Å². The predicted molar refractivity (Wildman–Crippen MR) is 125 cm³/mol. The minimum Gasteiger partial charge on any atom is -0.457 e. The second-order valence-electron chi connectivity index (χ2n) is 8.82. The van der Waals surface area contributed by atoms with Gasteiger partial charge in [0.05, 0.1) is 29.4 Å². The maximum Gasteiger partial charge on any atom is 0.416 e. The fourth-order valence-corrected chi connectivity index (χ4v) is 4.35. The number of aliphatic hydroxyl groups is 1. The predicted octanol–water partition coefficient (Wildman–Crippen LogP) is 4.73.